The highest BCUT2D eigenvalue weighted by Gasteiger charge is 2.59. The van der Waals surface area contributed by atoms with Crippen molar-refractivity contribution >= 4 is 24.0 Å². The highest BCUT2D eigenvalue weighted by molar-refractivity contribution is 6.16. The van der Waals surface area contributed by atoms with Crippen molar-refractivity contribution in [1.29, 1.82) is 0 Å². The number of carbonyl (C=O) groups is 3. The third-order valence-electron chi connectivity index (χ3n) is 8.25. The first kappa shape index (κ1) is 27.6. The number of fused-ring (bicyclic) bond motifs is 3. The largest absolute Gasteiger partial charge is 0.507 e. The maximum absolute atomic E-state index is 13.3. The van der Waals surface area contributed by atoms with Gasteiger partial charge in [-0.15, -0.1) is 0 Å². The number of para-hydroxylation sites is 1. The zero-order valence-corrected chi connectivity index (χ0v) is 23.3. The summed E-state index contributed by atoms with van der Waals surface area (Å²) in [6.07, 6.45) is 2.76. The molecule has 2 aliphatic heterocycles. The van der Waals surface area contributed by atoms with E-state index in [2.05, 4.69) is 13.0 Å². The molecule has 8 heteroatoms. The quantitative estimate of drug-likeness (QED) is 0.369. The second-order valence-corrected chi connectivity index (χ2v) is 10.9. The molecule has 1 N–H and O–H groups in total. The molecule has 2 heterocycles. The molecule has 5 rings (SSSR count). The van der Waals surface area contributed by atoms with E-state index in [0.29, 0.717) is 35.8 Å². The van der Waals surface area contributed by atoms with E-state index >= 15 is 0 Å². The summed E-state index contributed by atoms with van der Waals surface area (Å²) in [5.74, 6) is -1.57. The molecule has 4 atom stereocenters. The number of phenols is 1. The molecule has 0 spiro atoms. The number of methoxy groups -OCH3 is 1. The number of amides is 3. The summed E-state index contributed by atoms with van der Waals surface area (Å²) in [5, 5.41) is 10.1. The third kappa shape index (κ3) is 5.16. The molecule has 0 aromatic heterocycles. The first-order valence-corrected chi connectivity index (χ1v) is 13.6. The van der Waals surface area contributed by atoms with Gasteiger partial charge in [0, 0.05) is 5.92 Å². The maximum Gasteiger partial charge on any atom is 0.423 e. The fraction of sp³-hybridized carbons (Fsp3) is 0.406. The van der Waals surface area contributed by atoms with Crippen LogP contribution in [0.2, 0.25) is 0 Å². The Hall–Kier alpha value is -3.91. The number of hydrogen-bond donors (Lipinski definition) is 1. The number of ether oxygens (including phenoxy) is 3. The summed E-state index contributed by atoms with van der Waals surface area (Å²) in [6, 6.07) is 13.4. The Balaban J connectivity index is 1.40. The molecule has 8 nitrogen and oxygen atoms in total. The van der Waals surface area contributed by atoms with Crippen LogP contribution in [0.5, 0.6) is 11.5 Å². The van der Waals surface area contributed by atoms with E-state index < -0.39 is 29.7 Å². The first-order chi connectivity index (χ1) is 19.2. The molecule has 2 saturated heterocycles. The first-order valence-electron chi connectivity index (χ1n) is 13.6. The summed E-state index contributed by atoms with van der Waals surface area (Å²) in [7, 11) is 1.17. The van der Waals surface area contributed by atoms with Gasteiger partial charge in [-0.2, -0.15) is 4.90 Å². The highest BCUT2D eigenvalue weighted by atomic mass is 16.5. The Labute approximate surface area is 234 Å². The van der Waals surface area contributed by atoms with Crippen molar-refractivity contribution in [2.24, 2.45) is 17.8 Å². The number of phenolic OH excluding ortho intramolecular Hbond substituents is 1. The molecule has 1 aliphatic carbocycles. The van der Waals surface area contributed by atoms with E-state index in [0.717, 1.165) is 39.8 Å². The topological polar surface area (TPSA) is 102 Å². The van der Waals surface area contributed by atoms with Crippen LogP contribution in [0.15, 0.2) is 59.2 Å². The summed E-state index contributed by atoms with van der Waals surface area (Å²) >= 11 is 0. The van der Waals surface area contributed by atoms with E-state index in [4.69, 9.17) is 14.2 Å². The van der Waals surface area contributed by atoms with E-state index in [1.165, 1.54) is 7.11 Å². The van der Waals surface area contributed by atoms with Crippen molar-refractivity contribution in [1.82, 2.24) is 4.90 Å². The minimum Gasteiger partial charge on any atom is -0.507 e. The molecule has 40 heavy (non-hydrogen) atoms. The lowest BCUT2D eigenvalue weighted by molar-refractivity contribution is -0.137. The fourth-order valence-corrected chi connectivity index (χ4v) is 6.35. The molecule has 0 bridgehead atoms. The van der Waals surface area contributed by atoms with Crippen LogP contribution in [0.4, 0.5) is 4.79 Å². The highest BCUT2D eigenvalue weighted by Crippen LogP contribution is 2.50. The Morgan fingerprint density at radius 3 is 2.48 bits per heavy atom. The van der Waals surface area contributed by atoms with Gasteiger partial charge in [0.25, 0.3) is 0 Å². The smallest absolute Gasteiger partial charge is 0.423 e. The molecule has 2 fully saturated rings. The standard InChI is InChI=1S/C32H35NO7/c1-18(12-21-13-19(2)29(34)20(3)14-21)10-11-26-27-22(16-39-23-8-6-5-7-9-23)15-24-28(25(27)17-40-26)31(36)33(30(24)35)32(37)38-4/h5-9,12-14,24-26,28,34H,10-11,15-17H2,1-4H3/b18-12+/t24-,25+,26-,28-/m1/s1. The summed E-state index contributed by atoms with van der Waals surface area (Å²) in [6.45, 7) is 6.43. The number of allylic oxidation sites excluding steroid dienone is 1. The predicted molar refractivity (Wildman–Crippen MR) is 149 cm³/mol. The zero-order chi connectivity index (χ0) is 28.6. The van der Waals surface area contributed by atoms with Gasteiger partial charge in [-0.05, 0) is 92.1 Å². The van der Waals surface area contributed by atoms with Crippen molar-refractivity contribution in [3.05, 3.63) is 75.9 Å². The number of aromatic hydroxyl groups is 1. The van der Waals surface area contributed by atoms with Gasteiger partial charge < -0.3 is 19.3 Å². The SMILES string of the molecule is COC(=O)N1C(=O)[C@@H]2[C@@H](CC(COc3ccccc3)=C3[C@@H](CC/C(C)=C/c4cc(C)c(O)c(C)c4)OC[C@@H]32)C1=O. The van der Waals surface area contributed by atoms with Crippen LogP contribution >= 0.6 is 0 Å². The lowest BCUT2D eigenvalue weighted by Crippen LogP contribution is -2.38. The van der Waals surface area contributed by atoms with Crippen molar-refractivity contribution < 1.29 is 33.7 Å². The van der Waals surface area contributed by atoms with E-state index in [9.17, 15) is 19.5 Å². The molecule has 0 radical (unpaired) electrons. The number of likely N-dealkylation sites (tertiary alicyclic amines) is 1. The second kappa shape index (κ2) is 11.3. The zero-order valence-electron chi connectivity index (χ0n) is 23.3. The van der Waals surface area contributed by atoms with Gasteiger partial charge in [0.05, 0.1) is 31.7 Å². The number of rotatable bonds is 7. The molecule has 3 aliphatic rings. The molecular weight excluding hydrogens is 510 g/mol. The summed E-state index contributed by atoms with van der Waals surface area (Å²) in [5.41, 5.74) is 5.85. The van der Waals surface area contributed by atoms with Crippen molar-refractivity contribution in [3.8, 4) is 11.5 Å². The van der Waals surface area contributed by atoms with Crippen LogP contribution in [0.3, 0.4) is 0 Å². The van der Waals surface area contributed by atoms with Gasteiger partial charge in [-0.1, -0.05) is 29.8 Å². The van der Waals surface area contributed by atoms with Crippen molar-refractivity contribution in [2.75, 3.05) is 20.3 Å². The average molecular weight is 546 g/mol. The van der Waals surface area contributed by atoms with Crippen LogP contribution in [-0.2, 0) is 19.1 Å². The van der Waals surface area contributed by atoms with Crippen LogP contribution in [0, 0.1) is 31.6 Å². The van der Waals surface area contributed by atoms with Gasteiger partial charge in [-0.25, -0.2) is 4.79 Å². The Morgan fingerprint density at radius 2 is 1.80 bits per heavy atom. The number of carbonyl (C=O) groups excluding carboxylic acids is 3. The van der Waals surface area contributed by atoms with E-state index in [-0.39, 0.29) is 18.6 Å². The van der Waals surface area contributed by atoms with Gasteiger partial charge in [0.15, 0.2) is 0 Å². The van der Waals surface area contributed by atoms with Gasteiger partial charge in [-0.3, -0.25) is 9.59 Å². The third-order valence-corrected chi connectivity index (χ3v) is 8.25. The molecule has 210 valence electrons. The second-order valence-electron chi connectivity index (χ2n) is 10.9. The summed E-state index contributed by atoms with van der Waals surface area (Å²) < 4.78 is 17.1. The Kier molecular flexibility index (Phi) is 7.81. The van der Waals surface area contributed by atoms with Gasteiger partial charge in [0.2, 0.25) is 11.8 Å². The fourth-order valence-electron chi connectivity index (χ4n) is 6.35. The Morgan fingerprint density at radius 1 is 1.10 bits per heavy atom. The number of benzene rings is 2. The van der Waals surface area contributed by atoms with Crippen LogP contribution in [0.1, 0.15) is 42.9 Å². The number of hydrogen-bond acceptors (Lipinski definition) is 7. The van der Waals surface area contributed by atoms with Crippen molar-refractivity contribution in [2.45, 2.75) is 46.1 Å². The van der Waals surface area contributed by atoms with Gasteiger partial charge in [0.1, 0.15) is 18.1 Å². The normalized spacial score (nSPS) is 24.3. The van der Waals surface area contributed by atoms with Crippen LogP contribution in [-0.4, -0.2) is 54.3 Å². The monoisotopic (exact) mass is 545 g/mol. The summed E-state index contributed by atoms with van der Waals surface area (Å²) in [4.78, 5) is 39.4. The minimum atomic E-state index is -0.941. The number of aryl methyl sites for hydroxylation is 2. The molecule has 0 unspecified atom stereocenters. The maximum atomic E-state index is 13.3. The lowest BCUT2D eigenvalue weighted by Gasteiger charge is -2.31. The molecule has 2 aromatic rings. The van der Waals surface area contributed by atoms with Gasteiger partial charge >= 0.3 is 6.09 Å². The van der Waals surface area contributed by atoms with E-state index in [1.54, 1.807) is 0 Å². The average Bonchev–Trinajstić information content (AvgIpc) is 3.47. The van der Waals surface area contributed by atoms with E-state index in [1.807, 2.05) is 56.3 Å². The van der Waals surface area contributed by atoms with Crippen LogP contribution < -0.4 is 4.74 Å². The number of nitrogens with zero attached hydrogens (tertiary/aromatic N) is 1. The molecule has 2 aromatic carbocycles. The van der Waals surface area contributed by atoms with Crippen molar-refractivity contribution in [3.63, 3.8) is 0 Å². The number of imide groups is 3. The molecular formula is C32H35NO7. The Bertz CT molecular complexity index is 1370. The molecule has 3 amide bonds. The predicted octanol–water partition coefficient (Wildman–Crippen LogP) is 5.35. The van der Waals surface area contributed by atoms with Crippen LogP contribution in [0.25, 0.3) is 6.08 Å². The lowest BCUT2D eigenvalue weighted by atomic mass is 9.69. The molecule has 0 saturated carbocycles. The minimum absolute atomic E-state index is 0.220.